The van der Waals surface area contributed by atoms with Gasteiger partial charge in [0.2, 0.25) is 0 Å². The molecule has 3 heterocycles. The van der Waals surface area contributed by atoms with Crippen molar-refractivity contribution in [3.8, 4) is 22.9 Å². The molecule has 4 nitrogen and oxygen atoms in total. The third-order valence-corrected chi connectivity index (χ3v) is 2.16. The molecule has 3 aromatic rings. The highest BCUT2D eigenvalue weighted by atomic mass is 16.3. The van der Waals surface area contributed by atoms with Gasteiger partial charge >= 0.3 is 0 Å². The lowest BCUT2D eigenvalue weighted by molar-refractivity contribution is 0.573. The quantitative estimate of drug-likeness (QED) is 0.691. The van der Waals surface area contributed by atoms with Crippen molar-refractivity contribution in [2.75, 3.05) is 0 Å². The summed E-state index contributed by atoms with van der Waals surface area (Å²) in [5.41, 5.74) is 1.59. The zero-order chi connectivity index (χ0) is 10.1. The van der Waals surface area contributed by atoms with Crippen LogP contribution in [0.25, 0.3) is 22.9 Å². The summed E-state index contributed by atoms with van der Waals surface area (Å²) in [6, 6.07) is 7.40. The van der Waals surface area contributed by atoms with Crippen molar-refractivity contribution in [1.29, 1.82) is 0 Å². The van der Waals surface area contributed by atoms with Crippen LogP contribution in [-0.4, -0.2) is 9.97 Å². The Bertz CT molecular complexity index is 486. The molecule has 0 aromatic carbocycles. The predicted molar refractivity (Wildman–Crippen MR) is 54.0 cm³/mol. The van der Waals surface area contributed by atoms with Crippen LogP contribution in [0.3, 0.4) is 0 Å². The van der Waals surface area contributed by atoms with E-state index in [9.17, 15) is 0 Å². The highest BCUT2D eigenvalue weighted by molar-refractivity contribution is 5.72. The number of aromatic nitrogens is 2. The van der Waals surface area contributed by atoms with Gasteiger partial charge in [-0.25, -0.2) is 4.98 Å². The molecule has 15 heavy (non-hydrogen) atoms. The van der Waals surface area contributed by atoms with Crippen molar-refractivity contribution < 1.29 is 8.83 Å². The number of furan rings is 2. The molecular weight excluding hydrogens is 192 g/mol. The first-order valence-electron chi connectivity index (χ1n) is 4.56. The van der Waals surface area contributed by atoms with E-state index in [4.69, 9.17) is 8.83 Å². The van der Waals surface area contributed by atoms with Gasteiger partial charge in [-0.2, -0.15) is 0 Å². The van der Waals surface area contributed by atoms with Crippen LogP contribution in [0.5, 0.6) is 0 Å². The maximum atomic E-state index is 5.30. The topological polar surface area (TPSA) is 55.0 Å². The molecule has 0 amide bonds. The Morgan fingerprint density at radius 3 is 2.40 bits per heavy atom. The number of imidazole rings is 1. The van der Waals surface area contributed by atoms with Gasteiger partial charge in [0, 0.05) is 0 Å². The van der Waals surface area contributed by atoms with Crippen LogP contribution < -0.4 is 0 Å². The number of hydrogen-bond donors (Lipinski definition) is 1. The van der Waals surface area contributed by atoms with Gasteiger partial charge in [-0.05, 0) is 24.3 Å². The van der Waals surface area contributed by atoms with Crippen molar-refractivity contribution in [2.45, 2.75) is 0 Å². The fourth-order valence-corrected chi connectivity index (χ4v) is 1.50. The Morgan fingerprint density at radius 1 is 1.00 bits per heavy atom. The van der Waals surface area contributed by atoms with E-state index in [1.807, 2.05) is 24.3 Å². The summed E-state index contributed by atoms with van der Waals surface area (Å²) in [6.07, 6.45) is 4.87. The third-order valence-electron chi connectivity index (χ3n) is 2.16. The second kappa shape index (κ2) is 3.16. The molecule has 0 fully saturated rings. The minimum absolute atomic E-state index is 0.725. The lowest BCUT2D eigenvalue weighted by atomic mass is 10.2. The number of rotatable bonds is 2. The molecule has 0 saturated heterocycles. The summed E-state index contributed by atoms with van der Waals surface area (Å²) in [6.45, 7) is 0. The zero-order valence-electron chi connectivity index (χ0n) is 7.81. The molecule has 0 atom stereocenters. The SMILES string of the molecule is c1coc(-c2nc[nH]c2-c2ccco2)c1. The van der Waals surface area contributed by atoms with E-state index in [0.717, 1.165) is 22.9 Å². The molecular formula is C11H8N2O2. The first-order valence-corrected chi connectivity index (χ1v) is 4.56. The highest BCUT2D eigenvalue weighted by Crippen LogP contribution is 2.29. The Morgan fingerprint density at radius 2 is 1.73 bits per heavy atom. The summed E-state index contributed by atoms with van der Waals surface area (Å²) in [7, 11) is 0. The maximum Gasteiger partial charge on any atom is 0.154 e. The Labute approximate surface area is 85.6 Å². The molecule has 0 unspecified atom stereocenters. The second-order valence-electron chi connectivity index (χ2n) is 3.08. The number of H-pyrrole nitrogens is 1. The highest BCUT2D eigenvalue weighted by Gasteiger charge is 2.13. The van der Waals surface area contributed by atoms with Crippen LogP contribution in [0, 0.1) is 0 Å². The van der Waals surface area contributed by atoms with E-state index < -0.39 is 0 Å². The molecule has 0 aliphatic heterocycles. The van der Waals surface area contributed by atoms with Gasteiger partial charge in [0.25, 0.3) is 0 Å². The molecule has 0 bridgehead atoms. The minimum atomic E-state index is 0.725. The van der Waals surface area contributed by atoms with Crippen LogP contribution in [0.4, 0.5) is 0 Å². The lowest BCUT2D eigenvalue weighted by Gasteiger charge is -1.95. The van der Waals surface area contributed by atoms with Crippen LogP contribution in [-0.2, 0) is 0 Å². The van der Waals surface area contributed by atoms with Crippen molar-refractivity contribution in [3.05, 3.63) is 43.1 Å². The van der Waals surface area contributed by atoms with Gasteiger partial charge in [0.1, 0.15) is 11.4 Å². The van der Waals surface area contributed by atoms with Crippen molar-refractivity contribution >= 4 is 0 Å². The number of nitrogens with zero attached hydrogens (tertiary/aromatic N) is 1. The Kier molecular flexibility index (Phi) is 1.71. The van der Waals surface area contributed by atoms with Gasteiger partial charge in [-0.15, -0.1) is 0 Å². The molecule has 3 aromatic heterocycles. The Balaban J connectivity index is 2.15. The number of hydrogen-bond acceptors (Lipinski definition) is 3. The van der Waals surface area contributed by atoms with Gasteiger partial charge in [-0.3, -0.25) is 0 Å². The average molecular weight is 200 g/mol. The fraction of sp³-hybridized carbons (Fsp3) is 0. The van der Waals surface area contributed by atoms with Gasteiger partial charge in [0.05, 0.1) is 18.9 Å². The van der Waals surface area contributed by atoms with E-state index in [1.54, 1.807) is 18.9 Å². The molecule has 1 N–H and O–H groups in total. The predicted octanol–water partition coefficient (Wildman–Crippen LogP) is 2.93. The van der Waals surface area contributed by atoms with Crippen LogP contribution >= 0.6 is 0 Å². The summed E-state index contributed by atoms with van der Waals surface area (Å²) in [4.78, 5) is 7.24. The van der Waals surface area contributed by atoms with Crippen LogP contribution in [0.15, 0.2) is 52.0 Å². The average Bonchev–Trinajstić information content (AvgIpc) is 3.01. The first-order chi connectivity index (χ1) is 7.45. The van der Waals surface area contributed by atoms with E-state index in [2.05, 4.69) is 9.97 Å². The second-order valence-corrected chi connectivity index (χ2v) is 3.08. The zero-order valence-corrected chi connectivity index (χ0v) is 7.81. The monoisotopic (exact) mass is 200 g/mol. The Hall–Kier alpha value is -2.23. The minimum Gasteiger partial charge on any atom is -0.463 e. The maximum absolute atomic E-state index is 5.30. The normalized spacial score (nSPS) is 10.7. The number of aromatic amines is 1. The van der Waals surface area contributed by atoms with E-state index in [1.165, 1.54) is 0 Å². The molecule has 0 aliphatic carbocycles. The van der Waals surface area contributed by atoms with E-state index in [0.29, 0.717) is 0 Å². The van der Waals surface area contributed by atoms with Crippen molar-refractivity contribution in [2.24, 2.45) is 0 Å². The molecule has 4 heteroatoms. The van der Waals surface area contributed by atoms with Gasteiger partial charge < -0.3 is 13.8 Å². The van der Waals surface area contributed by atoms with Crippen LogP contribution in [0.1, 0.15) is 0 Å². The van der Waals surface area contributed by atoms with E-state index in [-0.39, 0.29) is 0 Å². The summed E-state index contributed by atoms with van der Waals surface area (Å²) in [5.74, 6) is 1.47. The largest absolute Gasteiger partial charge is 0.463 e. The summed E-state index contributed by atoms with van der Waals surface area (Å²) < 4.78 is 10.6. The molecule has 74 valence electrons. The third kappa shape index (κ3) is 1.27. The van der Waals surface area contributed by atoms with Crippen LogP contribution in [0.2, 0.25) is 0 Å². The summed E-state index contributed by atoms with van der Waals surface area (Å²) in [5, 5.41) is 0. The van der Waals surface area contributed by atoms with Gasteiger partial charge in [-0.1, -0.05) is 0 Å². The smallest absolute Gasteiger partial charge is 0.154 e. The molecule has 0 spiro atoms. The number of nitrogens with one attached hydrogen (secondary N) is 1. The standard InChI is InChI=1S/C11H8N2O2/c1-3-8(14-5-1)10-11(13-7-12-10)9-4-2-6-15-9/h1-7H,(H,12,13). The fourth-order valence-electron chi connectivity index (χ4n) is 1.50. The first kappa shape index (κ1) is 8.11. The molecule has 0 saturated carbocycles. The van der Waals surface area contributed by atoms with Crippen molar-refractivity contribution in [3.63, 3.8) is 0 Å². The van der Waals surface area contributed by atoms with Crippen molar-refractivity contribution in [1.82, 2.24) is 9.97 Å². The summed E-state index contributed by atoms with van der Waals surface area (Å²) >= 11 is 0. The molecule has 0 radical (unpaired) electrons. The molecule has 0 aliphatic rings. The lowest BCUT2D eigenvalue weighted by Crippen LogP contribution is -1.78. The molecule has 3 rings (SSSR count). The van der Waals surface area contributed by atoms with E-state index >= 15 is 0 Å². The van der Waals surface area contributed by atoms with Gasteiger partial charge in [0.15, 0.2) is 11.5 Å².